The molecule has 0 aromatic carbocycles. The predicted octanol–water partition coefficient (Wildman–Crippen LogP) is 2.23. The van der Waals surface area contributed by atoms with Crippen molar-refractivity contribution < 1.29 is 14.7 Å². The van der Waals surface area contributed by atoms with Gasteiger partial charge in [0.2, 0.25) is 11.8 Å². The molecular weight excluding hydrogens is 292 g/mol. The average Bonchev–Trinajstić information content (AvgIpc) is 2.78. The zero-order chi connectivity index (χ0) is 16.7. The predicted molar refractivity (Wildman–Crippen MR) is 89.9 cm³/mol. The largest absolute Gasteiger partial charge is 0.388 e. The van der Waals surface area contributed by atoms with Crippen molar-refractivity contribution in [3.05, 3.63) is 0 Å². The number of nitrogens with one attached hydrogen (secondary N) is 1. The summed E-state index contributed by atoms with van der Waals surface area (Å²) in [4.78, 5) is 26.1. The topological polar surface area (TPSA) is 69.6 Å². The maximum Gasteiger partial charge on any atom is 0.223 e. The standard InChI is InChI=1S/C18H32N2O3/c1-2-7-16(21)20-12-8-15(9-13-20)17(22)19-14-18(23)10-5-3-4-6-11-18/h15,23H,2-14H2,1H3,(H,19,22). The van der Waals surface area contributed by atoms with Crippen LogP contribution in [0.15, 0.2) is 0 Å². The van der Waals surface area contributed by atoms with Gasteiger partial charge >= 0.3 is 0 Å². The van der Waals surface area contributed by atoms with Crippen LogP contribution in [0.5, 0.6) is 0 Å². The van der Waals surface area contributed by atoms with Crippen molar-refractivity contribution in [3.8, 4) is 0 Å². The van der Waals surface area contributed by atoms with Crippen molar-refractivity contribution in [3.63, 3.8) is 0 Å². The molecule has 0 spiro atoms. The fourth-order valence-electron chi connectivity index (χ4n) is 3.72. The van der Waals surface area contributed by atoms with Crippen molar-refractivity contribution in [1.29, 1.82) is 0 Å². The minimum absolute atomic E-state index is 0.0185. The van der Waals surface area contributed by atoms with Gasteiger partial charge in [-0.3, -0.25) is 9.59 Å². The Morgan fingerprint density at radius 1 is 1.13 bits per heavy atom. The first-order valence-corrected chi connectivity index (χ1v) is 9.32. The van der Waals surface area contributed by atoms with Crippen LogP contribution in [0.2, 0.25) is 0 Å². The highest BCUT2D eigenvalue weighted by Crippen LogP contribution is 2.26. The van der Waals surface area contributed by atoms with Crippen LogP contribution in [-0.2, 0) is 9.59 Å². The molecule has 2 amide bonds. The molecule has 23 heavy (non-hydrogen) atoms. The van der Waals surface area contributed by atoms with Gasteiger partial charge in [-0.15, -0.1) is 0 Å². The lowest BCUT2D eigenvalue weighted by Gasteiger charge is -2.32. The zero-order valence-corrected chi connectivity index (χ0v) is 14.5. The normalized spacial score (nSPS) is 22.4. The van der Waals surface area contributed by atoms with E-state index in [0.717, 1.165) is 44.9 Å². The second-order valence-electron chi connectivity index (χ2n) is 7.26. The van der Waals surface area contributed by atoms with Gasteiger partial charge < -0.3 is 15.3 Å². The van der Waals surface area contributed by atoms with E-state index in [0.29, 0.717) is 26.1 Å². The number of hydrogen-bond acceptors (Lipinski definition) is 3. The minimum Gasteiger partial charge on any atom is -0.388 e. The Balaban J connectivity index is 1.73. The lowest BCUT2D eigenvalue weighted by molar-refractivity contribution is -0.136. The van der Waals surface area contributed by atoms with Crippen LogP contribution in [-0.4, -0.2) is 47.1 Å². The highest BCUT2D eigenvalue weighted by atomic mass is 16.3. The monoisotopic (exact) mass is 324 g/mol. The molecule has 1 saturated carbocycles. The SMILES string of the molecule is CCCC(=O)N1CCC(C(=O)NCC2(O)CCCCCC2)CC1. The summed E-state index contributed by atoms with van der Waals surface area (Å²) in [7, 11) is 0. The first kappa shape index (κ1) is 18.2. The molecule has 0 atom stereocenters. The van der Waals surface area contributed by atoms with E-state index in [1.165, 1.54) is 12.8 Å². The van der Waals surface area contributed by atoms with Gasteiger partial charge in [-0.25, -0.2) is 0 Å². The number of piperidine rings is 1. The summed E-state index contributed by atoms with van der Waals surface area (Å²) in [5.74, 6) is 0.236. The summed E-state index contributed by atoms with van der Waals surface area (Å²) in [6.45, 7) is 3.75. The second-order valence-corrected chi connectivity index (χ2v) is 7.26. The smallest absolute Gasteiger partial charge is 0.223 e. The van der Waals surface area contributed by atoms with Crippen LogP contribution >= 0.6 is 0 Å². The number of aliphatic hydroxyl groups is 1. The van der Waals surface area contributed by atoms with Crippen LogP contribution < -0.4 is 5.32 Å². The summed E-state index contributed by atoms with van der Waals surface area (Å²) in [6, 6.07) is 0. The van der Waals surface area contributed by atoms with E-state index in [4.69, 9.17) is 0 Å². The first-order valence-electron chi connectivity index (χ1n) is 9.32. The Morgan fingerprint density at radius 3 is 2.30 bits per heavy atom. The molecular formula is C18H32N2O3. The van der Waals surface area contributed by atoms with Gasteiger partial charge in [0.05, 0.1) is 5.60 Å². The van der Waals surface area contributed by atoms with Crippen LogP contribution in [0.1, 0.15) is 71.1 Å². The van der Waals surface area contributed by atoms with Gasteiger partial charge in [0.15, 0.2) is 0 Å². The molecule has 0 aromatic rings. The molecule has 0 bridgehead atoms. The molecule has 5 heteroatoms. The van der Waals surface area contributed by atoms with E-state index >= 15 is 0 Å². The van der Waals surface area contributed by atoms with Gasteiger partial charge in [-0.05, 0) is 32.1 Å². The lowest BCUT2D eigenvalue weighted by Crippen LogP contribution is -2.47. The van der Waals surface area contributed by atoms with E-state index in [9.17, 15) is 14.7 Å². The number of rotatable bonds is 5. The van der Waals surface area contributed by atoms with E-state index in [2.05, 4.69) is 5.32 Å². The fraction of sp³-hybridized carbons (Fsp3) is 0.889. The molecule has 1 aliphatic carbocycles. The molecule has 0 unspecified atom stereocenters. The van der Waals surface area contributed by atoms with E-state index in [-0.39, 0.29) is 17.7 Å². The van der Waals surface area contributed by atoms with Gasteiger partial charge in [0, 0.05) is 32.0 Å². The van der Waals surface area contributed by atoms with Crippen molar-refractivity contribution in [2.75, 3.05) is 19.6 Å². The number of carbonyl (C=O) groups excluding carboxylic acids is 2. The molecule has 0 radical (unpaired) electrons. The number of hydrogen-bond donors (Lipinski definition) is 2. The average molecular weight is 324 g/mol. The number of likely N-dealkylation sites (tertiary alicyclic amines) is 1. The summed E-state index contributed by atoms with van der Waals surface area (Å²) >= 11 is 0. The summed E-state index contributed by atoms with van der Waals surface area (Å²) in [6.07, 6.45) is 8.98. The van der Waals surface area contributed by atoms with Gasteiger partial charge in [0.1, 0.15) is 0 Å². The third kappa shape index (κ3) is 5.48. The Morgan fingerprint density at radius 2 is 1.74 bits per heavy atom. The number of carbonyl (C=O) groups is 2. The lowest BCUT2D eigenvalue weighted by atomic mass is 9.92. The first-order chi connectivity index (χ1) is 11.0. The van der Waals surface area contributed by atoms with E-state index in [1.807, 2.05) is 11.8 Å². The van der Waals surface area contributed by atoms with Crippen LogP contribution in [0.4, 0.5) is 0 Å². The molecule has 5 nitrogen and oxygen atoms in total. The summed E-state index contributed by atoms with van der Waals surface area (Å²) in [5.41, 5.74) is -0.718. The zero-order valence-electron chi connectivity index (χ0n) is 14.5. The molecule has 2 N–H and O–H groups in total. The van der Waals surface area contributed by atoms with Crippen molar-refractivity contribution in [2.24, 2.45) is 5.92 Å². The molecule has 0 aromatic heterocycles. The molecule has 2 fully saturated rings. The molecule has 2 rings (SSSR count). The van der Waals surface area contributed by atoms with E-state index in [1.54, 1.807) is 0 Å². The highest BCUT2D eigenvalue weighted by molar-refractivity contribution is 5.80. The maximum atomic E-state index is 12.3. The molecule has 1 heterocycles. The number of nitrogens with zero attached hydrogens (tertiary/aromatic N) is 1. The van der Waals surface area contributed by atoms with Gasteiger partial charge in [-0.2, -0.15) is 0 Å². The Labute approximate surface area is 139 Å². The second kappa shape index (κ2) is 8.67. The molecule has 1 saturated heterocycles. The fourth-order valence-corrected chi connectivity index (χ4v) is 3.72. The minimum atomic E-state index is -0.718. The number of amides is 2. The van der Waals surface area contributed by atoms with Crippen molar-refractivity contribution >= 4 is 11.8 Å². The van der Waals surface area contributed by atoms with Gasteiger partial charge in [-0.1, -0.05) is 32.6 Å². The van der Waals surface area contributed by atoms with Crippen LogP contribution in [0.3, 0.4) is 0 Å². The van der Waals surface area contributed by atoms with E-state index < -0.39 is 5.60 Å². The van der Waals surface area contributed by atoms with Crippen LogP contribution in [0.25, 0.3) is 0 Å². The van der Waals surface area contributed by atoms with Gasteiger partial charge in [0.25, 0.3) is 0 Å². The van der Waals surface area contributed by atoms with Crippen molar-refractivity contribution in [2.45, 2.75) is 76.7 Å². The quantitative estimate of drug-likeness (QED) is 0.762. The Kier molecular flexibility index (Phi) is 6.88. The third-order valence-corrected chi connectivity index (χ3v) is 5.31. The maximum absolute atomic E-state index is 12.3. The highest BCUT2D eigenvalue weighted by Gasteiger charge is 2.31. The Hall–Kier alpha value is -1.10. The summed E-state index contributed by atoms with van der Waals surface area (Å²) < 4.78 is 0. The van der Waals surface area contributed by atoms with Crippen molar-refractivity contribution in [1.82, 2.24) is 10.2 Å². The molecule has 132 valence electrons. The van der Waals surface area contributed by atoms with Crippen LogP contribution in [0, 0.1) is 5.92 Å². The molecule has 2 aliphatic rings. The summed E-state index contributed by atoms with van der Waals surface area (Å²) in [5, 5.41) is 13.6. The molecule has 1 aliphatic heterocycles. The third-order valence-electron chi connectivity index (χ3n) is 5.31. The Bertz CT molecular complexity index is 395.